The monoisotopic (exact) mass is 286 g/mol. The molecule has 2 N–H and O–H groups in total. The molecule has 0 bridgehead atoms. The highest BCUT2D eigenvalue weighted by molar-refractivity contribution is 5.92. The SMILES string of the molecule is CCCCCCC(=O)CCCCCC(C(=O)O)C(=O)O. The van der Waals surface area contributed by atoms with E-state index >= 15 is 0 Å². The highest BCUT2D eigenvalue weighted by atomic mass is 16.4. The van der Waals surface area contributed by atoms with E-state index in [0.717, 1.165) is 25.7 Å². The summed E-state index contributed by atoms with van der Waals surface area (Å²) in [6.45, 7) is 2.13. The molecule has 5 heteroatoms. The first kappa shape index (κ1) is 18.6. The summed E-state index contributed by atoms with van der Waals surface area (Å²) in [5.41, 5.74) is 0. The van der Waals surface area contributed by atoms with Gasteiger partial charge in [-0.3, -0.25) is 14.4 Å². The lowest BCUT2D eigenvalue weighted by molar-refractivity contribution is -0.154. The van der Waals surface area contributed by atoms with Crippen LogP contribution >= 0.6 is 0 Å². The van der Waals surface area contributed by atoms with Crippen LogP contribution in [-0.4, -0.2) is 27.9 Å². The van der Waals surface area contributed by atoms with Gasteiger partial charge in [0.1, 0.15) is 5.78 Å². The second-order valence-electron chi connectivity index (χ2n) is 5.18. The van der Waals surface area contributed by atoms with Crippen molar-refractivity contribution < 1.29 is 24.6 Å². The third kappa shape index (κ3) is 9.53. The predicted octanol–water partition coefficient (Wildman–Crippen LogP) is 3.26. The first-order chi connectivity index (χ1) is 9.49. The van der Waals surface area contributed by atoms with Crippen molar-refractivity contribution in [3.05, 3.63) is 0 Å². The van der Waals surface area contributed by atoms with E-state index in [-0.39, 0.29) is 12.2 Å². The van der Waals surface area contributed by atoms with Crippen molar-refractivity contribution in [2.45, 2.75) is 71.1 Å². The quantitative estimate of drug-likeness (QED) is 0.400. The van der Waals surface area contributed by atoms with Crippen molar-refractivity contribution >= 4 is 17.7 Å². The van der Waals surface area contributed by atoms with E-state index in [9.17, 15) is 14.4 Å². The lowest BCUT2D eigenvalue weighted by Gasteiger charge is -2.06. The van der Waals surface area contributed by atoms with Gasteiger partial charge in [0.2, 0.25) is 0 Å². The largest absolute Gasteiger partial charge is 0.481 e. The van der Waals surface area contributed by atoms with Crippen LogP contribution < -0.4 is 0 Å². The average Bonchev–Trinajstić information content (AvgIpc) is 2.37. The normalized spacial score (nSPS) is 10.7. The smallest absolute Gasteiger partial charge is 0.317 e. The average molecular weight is 286 g/mol. The van der Waals surface area contributed by atoms with Crippen LogP contribution in [0.5, 0.6) is 0 Å². The number of carbonyl (C=O) groups excluding carboxylic acids is 1. The van der Waals surface area contributed by atoms with Crippen LogP contribution in [0.15, 0.2) is 0 Å². The third-order valence-electron chi connectivity index (χ3n) is 3.35. The topological polar surface area (TPSA) is 91.7 Å². The Bertz CT molecular complexity index is 297. The Kier molecular flexibility index (Phi) is 10.6. The molecule has 0 aliphatic carbocycles. The van der Waals surface area contributed by atoms with Crippen LogP contribution in [0.1, 0.15) is 71.1 Å². The number of hydrogen-bond acceptors (Lipinski definition) is 3. The minimum absolute atomic E-state index is 0.134. The molecule has 5 nitrogen and oxygen atoms in total. The summed E-state index contributed by atoms with van der Waals surface area (Å²) in [7, 11) is 0. The Labute approximate surface area is 120 Å². The molecule has 0 fully saturated rings. The highest BCUT2D eigenvalue weighted by Crippen LogP contribution is 2.13. The Balaban J connectivity index is 3.58. The Morgan fingerprint density at radius 3 is 1.75 bits per heavy atom. The molecule has 0 aliphatic rings. The number of carboxylic acid groups (broad SMARTS) is 2. The fourth-order valence-corrected chi connectivity index (χ4v) is 2.07. The number of hydrogen-bond donors (Lipinski definition) is 2. The van der Waals surface area contributed by atoms with Gasteiger partial charge < -0.3 is 10.2 Å². The lowest BCUT2D eigenvalue weighted by atomic mass is 10.00. The molecule has 0 aromatic heterocycles. The molecular formula is C15H26O5. The number of ketones is 1. The molecule has 0 aliphatic heterocycles. The first-order valence-electron chi connectivity index (χ1n) is 7.46. The van der Waals surface area contributed by atoms with Crippen LogP contribution in [0.2, 0.25) is 0 Å². The molecule has 0 rings (SSSR count). The van der Waals surface area contributed by atoms with Crippen molar-refractivity contribution in [2.75, 3.05) is 0 Å². The van der Waals surface area contributed by atoms with Crippen molar-refractivity contribution in [1.82, 2.24) is 0 Å². The van der Waals surface area contributed by atoms with Crippen LogP contribution in [0.25, 0.3) is 0 Å². The fraction of sp³-hybridized carbons (Fsp3) is 0.800. The van der Waals surface area contributed by atoms with Gasteiger partial charge in [0.25, 0.3) is 0 Å². The van der Waals surface area contributed by atoms with Crippen LogP contribution in [0, 0.1) is 5.92 Å². The predicted molar refractivity (Wildman–Crippen MR) is 75.6 cm³/mol. The molecule has 0 amide bonds. The first-order valence-corrected chi connectivity index (χ1v) is 7.46. The maximum atomic E-state index is 11.5. The third-order valence-corrected chi connectivity index (χ3v) is 3.35. The van der Waals surface area contributed by atoms with Crippen molar-refractivity contribution in [3.8, 4) is 0 Å². The van der Waals surface area contributed by atoms with Gasteiger partial charge in [-0.15, -0.1) is 0 Å². The summed E-state index contributed by atoms with van der Waals surface area (Å²) in [5, 5.41) is 17.4. The lowest BCUT2D eigenvalue weighted by Crippen LogP contribution is -2.23. The fourth-order valence-electron chi connectivity index (χ4n) is 2.07. The van der Waals surface area contributed by atoms with Crippen molar-refractivity contribution in [2.24, 2.45) is 5.92 Å². The van der Waals surface area contributed by atoms with Gasteiger partial charge in [0.05, 0.1) is 0 Å². The Morgan fingerprint density at radius 2 is 1.30 bits per heavy atom. The molecule has 116 valence electrons. The van der Waals surface area contributed by atoms with Crippen molar-refractivity contribution in [1.29, 1.82) is 0 Å². The molecule has 0 unspecified atom stereocenters. The standard InChI is InChI=1S/C15H26O5/c1-2-3-4-6-9-12(16)10-7-5-8-11-13(14(17)18)15(19)20/h13H,2-11H2,1H3,(H,17,18)(H,19,20). The number of Topliss-reactive ketones (excluding diaryl/α,β-unsaturated/α-hetero) is 1. The van der Waals surface area contributed by atoms with E-state index in [1.807, 2.05) is 0 Å². The molecule has 20 heavy (non-hydrogen) atoms. The molecule has 0 aromatic rings. The van der Waals surface area contributed by atoms with E-state index in [2.05, 4.69) is 6.92 Å². The van der Waals surface area contributed by atoms with Gasteiger partial charge in [-0.25, -0.2) is 0 Å². The molecule has 0 heterocycles. The van der Waals surface area contributed by atoms with Gasteiger partial charge in [0, 0.05) is 12.8 Å². The summed E-state index contributed by atoms with van der Waals surface area (Å²) in [6.07, 6.45) is 7.62. The molecular weight excluding hydrogens is 260 g/mol. The maximum Gasteiger partial charge on any atom is 0.317 e. The zero-order chi connectivity index (χ0) is 15.4. The van der Waals surface area contributed by atoms with Crippen LogP contribution in [0.3, 0.4) is 0 Å². The number of aliphatic carboxylic acids is 2. The molecule has 0 atom stereocenters. The maximum absolute atomic E-state index is 11.5. The number of rotatable bonds is 13. The highest BCUT2D eigenvalue weighted by Gasteiger charge is 2.24. The summed E-state index contributed by atoms with van der Waals surface area (Å²) in [5.74, 6) is -3.64. The summed E-state index contributed by atoms with van der Waals surface area (Å²) in [6, 6.07) is 0. The van der Waals surface area contributed by atoms with Gasteiger partial charge in [-0.2, -0.15) is 0 Å². The minimum Gasteiger partial charge on any atom is -0.481 e. The minimum atomic E-state index is -1.32. The molecule has 0 aromatic carbocycles. The van der Waals surface area contributed by atoms with Gasteiger partial charge in [-0.05, 0) is 19.3 Å². The molecule has 0 spiro atoms. The second kappa shape index (κ2) is 11.4. The van der Waals surface area contributed by atoms with E-state index < -0.39 is 17.9 Å². The number of carbonyl (C=O) groups is 3. The van der Waals surface area contributed by atoms with E-state index in [0.29, 0.717) is 25.7 Å². The van der Waals surface area contributed by atoms with E-state index in [1.54, 1.807) is 0 Å². The zero-order valence-corrected chi connectivity index (χ0v) is 12.3. The Hall–Kier alpha value is -1.39. The van der Waals surface area contributed by atoms with Gasteiger partial charge >= 0.3 is 11.9 Å². The Morgan fingerprint density at radius 1 is 0.800 bits per heavy atom. The number of carboxylic acids is 2. The van der Waals surface area contributed by atoms with E-state index in [1.165, 1.54) is 6.42 Å². The summed E-state index contributed by atoms with van der Waals surface area (Å²) >= 11 is 0. The van der Waals surface area contributed by atoms with Gasteiger partial charge in [-0.1, -0.05) is 39.0 Å². The summed E-state index contributed by atoms with van der Waals surface area (Å²) in [4.78, 5) is 32.8. The zero-order valence-electron chi connectivity index (χ0n) is 12.3. The van der Waals surface area contributed by atoms with E-state index in [4.69, 9.17) is 10.2 Å². The molecule has 0 radical (unpaired) electrons. The number of unbranched alkanes of at least 4 members (excludes halogenated alkanes) is 5. The van der Waals surface area contributed by atoms with Crippen LogP contribution in [-0.2, 0) is 14.4 Å². The van der Waals surface area contributed by atoms with Crippen LogP contribution in [0.4, 0.5) is 0 Å². The van der Waals surface area contributed by atoms with Crippen molar-refractivity contribution in [3.63, 3.8) is 0 Å². The molecule has 0 saturated carbocycles. The summed E-state index contributed by atoms with van der Waals surface area (Å²) < 4.78 is 0. The molecule has 0 saturated heterocycles. The van der Waals surface area contributed by atoms with Gasteiger partial charge in [0.15, 0.2) is 5.92 Å². The second-order valence-corrected chi connectivity index (χ2v) is 5.18.